The van der Waals surface area contributed by atoms with Gasteiger partial charge in [0.05, 0.1) is 13.7 Å². The quantitative estimate of drug-likeness (QED) is 0.128. The van der Waals surface area contributed by atoms with Gasteiger partial charge < -0.3 is 18.6 Å². The summed E-state index contributed by atoms with van der Waals surface area (Å²) in [5.41, 5.74) is 1.92. The summed E-state index contributed by atoms with van der Waals surface area (Å²) in [6.45, 7) is 17.9. The van der Waals surface area contributed by atoms with Crippen molar-refractivity contribution in [3.05, 3.63) is 42.0 Å². The minimum absolute atomic E-state index is 0.0828. The van der Waals surface area contributed by atoms with Crippen molar-refractivity contribution in [1.29, 1.82) is 0 Å². The maximum absolute atomic E-state index is 11.1. The molecule has 0 saturated heterocycles. The number of benzene rings is 1. The molecule has 0 unspecified atom stereocenters. The Morgan fingerprint density at radius 3 is 2.41 bits per heavy atom. The van der Waals surface area contributed by atoms with Gasteiger partial charge in [0.2, 0.25) is 0 Å². The molecular formula is C26H40O5Si. The van der Waals surface area contributed by atoms with Gasteiger partial charge in [0.25, 0.3) is 0 Å². The average molecular weight is 461 g/mol. The van der Waals surface area contributed by atoms with Crippen LogP contribution >= 0.6 is 0 Å². The second kappa shape index (κ2) is 13.5. The van der Waals surface area contributed by atoms with Crippen molar-refractivity contribution in [2.24, 2.45) is 0 Å². The van der Waals surface area contributed by atoms with Crippen molar-refractivity contribution in [2.45, 2.75) is 77.8 Å². The molecule has 0 bridgehead atoms. The average Bonchev–Trinajstić information content (AvgIpc) is 2.70. The largest absolute Gasteiger partial charge is 0.497 e. The Hall–Kier alpha value is -2.07. The number of hydrogen-bond acceptors (Lipinski definition) is 5. The van der Waals surface area contributed by atoms with E-state index in [-0.39, 0.29) is 23.7 Å². The van der Waals surface area contributed by atoms with Crippen LogP contribution in [0.4, 0.5) is 0 Å². The number of unbranched alkanes of at least 4 members (excludes halogenated alkanes) is 1. The molecule has 5 nitrogen and oxygen atoms in total. The lowest BCUT2D eigenvalue weighted by Crippen LogP contribution is -2.43. The van der Waals surface area contributed by atoms with Gasteiger partial charge in [-0.1, -0.05) is 45.4 Å². The summed E-state index contributed by atoms with van der Waals surface area (Å²) in [6.07, 6.45) is 1.89. The van der Waals surface area contributed by atoms with E-state index in [1.54, 1.807) is 7.11 Å². The smallest absolute Gasteiger partial charge is 0.302 e. The minimum Gasteiger partial charge on any atom is -0.497 e. The molecule has 0 heterocycles. The molecule has 0 aliphatic carbocycles. The van der Waals surface area contributed by atoms with Crippen LogP contribution in [0.5, 0.6) is 5.75 Å². The fourth-order valence-electron chi connectivity index (χ4n) is 2.54. The topological polar surface area (TPSA) is 54.0 Å². The van der Waals surface area contributed by atoms with E-state index in [0.717, 1.165) is 29.7 Å². The third-order valence-corrected chi connectivity index (χ3v) is 9.96. The molecule has 0 spiro atoms. The van der Waals surface area contributed by atoms with E-state index < -0.39 is 8.32 Å². The fraction of sp³-hybridized carbons (Fsp3) is 0.577. The van der Waals surface area contributed by atoms with Gasteiger partial charge in [0, 0.05) is 26.4 Å². The predicted molar refractivity (Wildman–Crippen MR) is 132 cm³/mol. The first-order valence-electron chi connectivity index (χ1n) is 11.1. The summed E-state index contributed by atoms with van der Waals surface area (Å²) in [5.74, 6) is 7.06. The van der Waals surface area contributed by atoms with E-state index in [9.17, 15) is 4.79 Å². The van der Waals surface area contributed by atoms with Gasteiger partial charge in [-0.3, -0.25) is 4.79 Å². The maximum Gasteiger partial charge on any atom is 0.302 e. The number of rotatable bonds is 12. The van der Waals surface area contributed by atoms with Gasteiger partial charge in [-0.15, -0.1) is 5.92 Å². The van der Waals surface area contributed by atoms with Crippen molar-refractivity contribution in [3.63, 3.8) is 0 Å². The van der Waals surface area contributed by atoms with Gasteiger partial charge in [0.1, 0.15) is 18.5 Å². The second-order valence-electron chi connectivity index (χ2n) is 9.43. The van der Waals surface area contributed by atoms with Gasteiger partial charge >= 0.3 is 5.97 Å². The Balaban J connectivity index is 2.54. The third-order valence-electron chi connectivity index (χ3n) is 5.48. The summed E-state index contributed by atoms with van der Waals surface area (Å²) in [6, 6.07) is 7.87. The molecule has 6 heteroatoms. The lowest BCUT2D eigenvalue weighted by Gasteiger charge is -2.38. The monoisotopic (exact) mass is 460 g/mol. The zero-order valence-electron chi connectivity index (χ0n) is 20.9. The van der Waals surface area contributed by atoms with Crippen molar-refractivity contribution in [2.75, 3.05) is 20.3 Å². The maximum atomic E-state index is 11.1. The van der Waals surface area contributed by atoms with Gasteiger partial charge in [-0.05, 0) is 47.8 Å². The van der Waals surface area contributed by atoms with Crippen LogP contribution < -0.4 is 4.74 Å². The Kier molecular flexibility index (Phi) is 11.8. The molecule has 0 radical (unpaired) electrons. The summed E-state index contributed by atoms with van der Waals surface area (Å²) in [7, 11) is -0.333. The standard InChI is InChI=1S/C26H40O5Si/c1-21(19-30-22(2)27)18-25(31-32(7,8)26(3,4)5)12-10-9-11-17-29-20-23-13-15-24(28-6)16-14-23/h13-16,25H,1,9,11,17-20H2,2-8H3/t25-/m0/s1. The van der Waals surface area contributed by atoms with Crippen LogP contribution in [0.15, 0.2) is 36.4 Å². The first kappa shape index (κ1) is 28.0. The molecule has 0 N–H and O–H groups in total. The van der Waals surface area contributed by atoms with Crippen LogP contribution in [-0.4, -0.2) is 40.7 Å². The summed E-state index contributed by atoms with van der Waals surface area (Å²) < 4.78 is 22.5. The summed E-state index contributed by atoms with van der Waals surface area (Å²) in [4.78, 5) is 11.1. The van der Waals surface area contributed by atoms with Crippen molar-refractivity contribution in [3.8, 4) is 17.6 Å². The number of carbonyl (C=O) groups excluding carboxylic acids is 1. The highest BCUT2D eigenvalue weighted by Crippen LogP contribution is 2.37. The number of ether oxygens (including phenoxy) is 3. The Morgan fingerprint density at radius 2 is 1.84 bits per heavy atom. The molecule has 1 atom stereocenters. The van der Waals surface area contributed by atoms with E-state index in [1.807, 2.05) is 24.3 Å². The molecule has 32 heavy (non-hydrogen) atoms. The van der Waals surface area contributed by atoms with Crippen LogP contribution in [0.25, 0.3) is 0 Å². The molecule has 1 aromatic rings. The van der Waals surface area contributed by atoms with Crippen LogP contribution in [0, 0.1) is 11.8 Å². The molecule has 0 fully saturated rings. The van der Waals surface area contributed by atoms with Gasteiger partial charge in [-0.2, -0.15) is 0 Å². The van der Waals surface area contributed by atoms with Crippen molar-refractivity contribution in [1.82, 2.24) is 0 Å². The van der Waals surface area contributed by atoms with E-state index >= 15 is 0 Å². The molecule has 0 amide bonds. The number of hydrogen-bond donors (Lipinski definition) is 0. The number of esters is 1. The molecule has 0 aromatic heterocycles. The minimum atomic E-state index is -1.99. The van der Waals surface area contributed by atoms with E-state index in [0.29, 0.717) is 19.6 Å². The molecule has 178 valence electrons. The normalized spacial score (nSPS) is 12.5. The van der Waals surface area contributed by atoms with Gasteiger partial charge in [0.15, 0.2) is 8.32 Å². The Bertz CT molecular complexity index is 781. The lowest BCUT2D eigenvalue weighted by atomic mass is 10.1. The molecular weight excluding hydrogens is 420 g/mol. The van der Waals surface area contributed by atoms with E-state index in [1.165, 1.54) is 6.92 Å². The highest BCUT2D eigenvalue weighted by atomic mass is 28.4. The number of carbonyl (C=O) groups is 1. The SMILES string of the molecule is C=C(COC(C)=O)C[C@H](C#CCCCOCc1ccc(OC)cc1)O[Si](C)(C)C(C)(C)C. The molecule has 1 rings (SSSR count). The Morgan fingerprint density at radius 1 is 1.19 bits per heavy atom. The zero-order valence-corrected chi connectivity index (χ0v) is 21.9. The first-order valence-corrected chi connectivity index (χ1v) is 14.0. The van der Waals surface area contributed by atoms with Crippen LogP contribution in [0.1, 0.15) is 52.5 Å². The lowest BCUT2D eigenvalue weighted by molar-refractivity contribution is -0.140. The van der Waals surface area contributed by atoms with Crippen LogP contribution in [0.3, 0.4) is 0 Å². The highest BCUT2D eigenvalue weighted by Gasteiger charge is 2.39. The molecule has 0 saturated carbocycles. The fourth-order valence-corrected chi connectivity index (χ4v) is 3.75. The molecule has 1 aromatic carbocycles. The summed E-state index contributed by atoms with van der Waals surface area (Å²) >= 11 is 0. The van der Waals surface area contributed by atoms with Crippen LogP contribution in [-0.2, 0) is 25.3 Å². The molecule has 0 aliphatic heterocycles. The van der Waals surface area contributed by atoms with E-state index in [4.69, 9.17) is 18.6 Å². The number of methoxy groups -OCH3 is 1. The van der Waals surface area contributed by atoms with Crippen molar-refractivity contribution >= 4 is 14.3 Å². The van der Waals surface area contributed by atoms with Gasteiger partial charge in [-0.25, -0.2) is 0 Å². The van der Waals surface area contributed by atoms with Crippen molar-refractivity contribution < 1.29 is 23.4 Å². The molecule has 0 aliphatic rings. The second-order valence-corrected chi connectivity index (χ2v) is 14.2. The predicted octanol–water partition coefficient (Wildman–Crippen LogP) is 5.90. The first-order chi connectivity index (χ1) is 14.9. The zero-order chi connectivity index (χ0) is 24.2. The van der Waals surface area contributed by atoms with Crippen LogP contribution in [0.2, 0.25) is 18.1 Å². The summed E-state index contributed by atoms with van der Waals surface area (Å²) in [5, 5.41) is 0.0828. The van der Waals surface area contributed by atoms with E-state index in [2.05, 4.69) is 52.3 Å². The Labute approximate surface area is 195 Å². The highest BCUT2D eigenvalue weighted by molar-refractivity contribution is 6.74. The third kappa shape index (κ3) is 11.0.